The highest BCUT2D eigenvalue weighted by atomic mass is 16.1. The van der Waals surface area contributed by atoms with Gasteiger partial charge in [0.1, 0.15) is 5.78 Å². The van der Waals surface area contributed by atoms with E-state index in [1.807, 2.05) is 0 Å². The minimum absolute atomic E-state index is 0.182. The van der Waals surface area contributed by atoms with Gasteiger partial charge < -0.3 is 5.32 Å². The number of carbonyl (C=O) groups excluding carboxylic acids is 1. The lowest BCUT2D eigenvalue weighted by atomic mass is 9.87. The Morgan fingerprint density at radius 2 is 2.15 bits per heavy atom. The first-order chi connectivity index (χ1) is 6.20. The first kappa shape index (κ1) is 9.16. The zero-order valence-corrected chi connectivity index (χ0v) is 8.42. The Morgan fingerprint density at radius 3 is 2.85 bits per heavy atom. The molecule has 0 aliphatic carbocycles. The number of fused-ring (bicyclic) bond motifs is 1. The number of nitrogens with one attached hydrogen (secondary N) is 1. The topological polar surface area (TPSA) is 32.3 Å². The largest absolute Gasteiger partial charge is 0.315 e. The van der Waals surface area contributed by atoms with Gasteiger partial charge in [0.2, 0.25) is 0 Å². The Bertz CT molecular complexity index is 217. The molecule has 2 aliphatic heterocycles. The normalized spacial score (nSPS) is 40.3. The van der Waals surface area contributed by atoms with Gasteiger partial charge >= 0.3 is 0 Å². The Balaban J connectivity index is 2.08. The molecule has 1 N–H and O–H groups in total. The summed E-state index contributed by atoms with van der Waals surface area (Å²) in [6, 6.07) is 0.781. The van der Waals surface area contributed by atoms with Crippen LogP contribution in [0.4, 0.5) is 0 Å². The molecule has 2 fully saturated rings. The summed E-state index contributed by atoms with van der Waals surface area (Å²) in [7, 11) is 2.09. The summed E-state index contributed by atoms with van der Waals surface area (Å²) in [5.74, 6) is 1.11. The van der Waals surface area contributed by atoms with Crippen LogP contribution in [0, 0.1) is 5.92 Å². The lowest BCUT2D eigenvalue weighted by Crippen LogP contribution is -2.51. The highest BCUT2D eigenvalue weighted by Crippen LogP contribution is 2.29. The molecule has 0 saturated carbocycles. The molecule has 0 amide bonds. The summed E-state index contributed by atoms with van der Waals surface area (Å²) in [5, 5.41) is 3.40. The van der Waals surface area contributed by atoms with Gasteiger partial charge in [-0.05, 0) is 39.3 Å². The van der Waals surface area contributed by atoms with Gasteiger partial charge in [0.15, 0.2) is 0 Å². The van der Waals surface area contributed by atoms with Gasteiger partial charge in [-0.25, -0.2) is 0 Å². The number of carbonyl (C=O) groups is 1. The van der Waals surface area contributed by atoms with Gasteiger partial charge in [-0.2, -0.15) is 0 Å². The van der Waals surface area contributed by atoms with Crippen LogP contribution in [0.15, 0.2) is 0 Å². The maximum atomic E-state index is 11.3. The summed E-state index contributed by atoms with van der Waals surface area (Å²) >= 11 is 0. The van der Waals surface area contributed by atoms with E-state index >= 15 is 0 Å². The third-order valence-electron chi connectivity index (χ3n) is 3.60. The van der Waals surface area contributed by atoms with Crippen LogP contribution in [0.1, 0.15) is 19.8 Å². The number of Topliss-reactive ketones (excluding diaryl/α,β-unsaturated/α-hetero) is 1. The highest BCUT2D eigenvalue weighted by Gasteiger charge is 2.39. The van der Waals surface area contributed by atoms with Crippen LogP contribution < -0.4 is 5.32 Å². The van der Waals surface area contributed by atoms with E-state index in [1.54, 1.807) is 6.92 Å². The van der Waals surface area contributed by atoms with Gasteiger partial charge in [-0.3, -0.25) is 9.69 Å². The van der Waals surface area contributed by atoms with E-state index in [2.05, 4.69) is 17.3 Å². The number of piperidine rings is 1. The van der Waals surface area contributed by atoms with E-state index in [1.165, 1.54) is 6.42 Å². The average Bonchev–Trinajstić information content (AvgIpc) is 2.52. The quantitative estimate of drug-likeness (QED) is 0.631. The van der Waals surface area contributed by atoms with Crippen LogP contribution in [0.5, 0.6) is 0 Å². The summed E-state index contributed by atoms with van der Waals surface area (Å²) < 4.78 is 0. The van der Waals surface area contributed by atoms with Crippen molar-refractivity contribution in [2.75, 3.05) is 20.1 Å². The first-order valence-electron chi connectivity index (χ1n) is 5.13. The molecule has 2 heterocycles. The van der Waals surface area contributed by atoms with Crippen molar-refractivity contribution in [3.05, 3.63) is 0 Å². The fraction of sp³-hybridized carbons (Fsp3) is 0.900. The Hall–Kier alpha value is -0.410. The van der Waals surface area contributed by atoms with Crippen molar-refractivity contribution in [1.82, 2.24) is 10.2 Å². The van der Waals surface area contributed by atoms with Crippen molar-refractivity contribution in [2.24, 2.45) is 5.92 Å². The number of nitrogens with zero attached hydrogens (tertiary/aromatic N) is 1. The lowest BCUT2D eigenvalue weighted by molar-refractivity contribution is -0.124. The van der Waals surface area contributed by atoms with Crippen LogP contribution in [0.2, 0.25) is 0 Å². The van der Waals surface area contributed by atoms with Gasteiger partial charge in [-0.15, -0.1) is 0 Å². The number of likely N-dealkylation sites (N-methyl/N-ethyl adjacent to an activating group) is 1. The van der Waals surface area contributed by atoms with E-state index in [0.717, 1.165) is 25.4 Å². The number of likely N-dealkylation sites (tertiary alicyclic amines) is 1. The Kier molecular flexibility index (Phi) is 2.39. The first-order valence-corrected chi connectivity index (χ1v) is 5.13. The SMILES string of the molecule is CC(=O)C1CCC2CNCC2N1C. The van der Waals surface area contributed by atoms with E-state index in [9.17, 15) is 4.79 Å². The van der Waals surface area contributed by atoms with E-state index in [4.69, 9.17) is 0 Å². The molecule has 3 nitrogen and oxygen atoms in total. The Labute approximate surface area is 79.5 Å². The molecule has 2 saturated heterocycles. The monoisotopic (exact) mass is 182 g/mol. The molecular formula is C10H18N2O. The minimum Gasteiger partial charge on any atom is -0.315 e. The maximum absolute atomic E-state index is 11.3. The maximum Gasteiger partial charge on any atom is 0.146 e. The lowest BCUT2D eigenvalue weighted by Gasteiger charge is -2.39. The molecule has 0 aromatic heterocycles. The van der Waals surface area contributed by atoms with Crippen LogP contribution in [0.25, 0.3) is 0 Å². The van der Waals surface area contributed by atoms with Crippen molar-refractivity contribution in [1.29, 1.82) is 0 Å². The van der Waals surface area contributed by atoms with Crippen molar-refractivity contribution in [3.63, 3.8) is 0 Å². The van der Waals surface area contributed by atoms with Crippen molar-refractivity contribution < 1.29 is 4.79 Å². The van der Waals surface area contributed by atoms with Crippen molar-refractivity contribution in [3.8, 4) is 0 Å². The number of rotatable bonds is 1. The van der Waals surface area contributed by atoms with Crippen LogP contribution in [0.3, 0.4) is 0 Å². The van der Waals surface area contributed by atoms with E-state index in [0.29, 0.717) is 11.8 Å². The number of hydrogen-bond acceptors (Lipinski definition) is 3. The van der Waals surface area contributed by atoms with Gasteiger partial charge in [0.05, 0.1) is 6.04 Å². The van der Waals surface area contributed by atoms with Crippen LogP contribution in [-0.2, 0) is 4.79 Å². The van der Waals surface area contributed by atoms with Crippen molar-refractivity contribution >= 4 is 5.78 Å². The second-order valence-corrected chi connectivity index (χ2v) is 4.35. The standard InChI is InChI=1S/C10H18N2O/c1-7(13)9-4-3-8-5-11-6-10(8)12(9)2/h8-11H,3-6H2,1-2H3. The molecule has 0 aromatic rings. The molecule has 0 radical (unpaired) electrons. The van der Waals surface area contributed by atoms with Crippen LogP contribution in [-0.4, -0.2) is 42.9 Å². The summed E-state index contributed by atoms with van der Waals surface area (Å²) in [6.45, 7) is 3.91. The fourth-order valence-corrected chi connectivity index (χ4v) is 2.79. The van der Waals surface area contributed by atoms with Crippen molar-refractivity contribution in [2.45, 2.75) is 31.8 Å². The van der Waals surface area contributed by atoms with Gasteiger partial charge in [0, 0.05) is 12.6 Å². The molecule has 0 bridgehead atoms. The number of ketones is 1. The molecule has 3 atom stereocenters. The van der Waals surface area contributed by atoms with Crippen LogP contribution >= 0.6 is 0 Å². The molecule has 13 heavy (non-hydrogen) atoms. The summed E-state index contributed by atoms with van der Waals surface area (Å²) in [4.78, 5) is 13.6. The second kappa shape index (κ2) is 3.39. The molecule has 74 valence electrons. The van der Waals surface area contributed by atoms with Gasteiger partial charge in [-0.1, -0.05) is 0 Å². The molecular weight excluding hydrogens is 164 g/mol. The molecule has 3 unspecified atom stereocenters. The zero-order valence-electron chi connectivity index (χ0n) is 8.42. The predicted molar refractivity (Wildman–Crippen MR) is 51.6 cm³/mol. The summed E-state index contributed by atoms with van der Waals surface area (Å²) in [6.07, 6.45) is 2.26. The third-order valence-corrected chi connectivity index (χ3v) is 3.60. The molecule has 0 spiro atoms. The second-order valence-electron chi connectivity index (χ2n) is 4.35. The molecule has 3 heteroatoms. The third kappa shape index (κ3) is 1.51. The van der Waals surface area contributed by atoms with E-state index in [-0.39, 0.29) is 6.04 Å². The molecule has 0 aromatic carbocycles. The van der Waals surface area contributed by atoms with E-state index < -0.39 is 0 Å². The summed E-state index contributed by atoms with van der Waals surface area (Å²) in [5.41, 5.74) is 0. The average molecular weight is 182 g/mol. The zero-order chi connectivity index (χ0) is 9.42. The fourth-order valence-electron chi connectivity index (χ4n) is 2.79. The smallest absolute Gasteiger partial charge is 0.146 e. The molecule has 2 rings (SSSR count). The minimum atomic E-state index is 0.182. The number of hydrogen-bond donors (Lipinski definition) is 1. The highest BCUT2D eigenvalue weighted by molar-refractivity contribution is 5.81. The predicted octanol–water partition coefficient (Wildman–Crippen LogP) is 0.258. The Morgan fingerprint density at radius 1 is 1.38 bits per heavy atom. The molecule has 2 aliphatic rings. The van der Waals surface area contributed by atoms with Gasteiger partial charge in [0.25, 0.3) is 0 Å².